The van der Waals surface area contributed by atoms with Crippen LogP contribution in [0.4, 0.5) is 0 Å². The molecule has 11 heavy (non-hydrogen) atoms. The Kier molecular flexibility index (Phi) is 3.24. The Morgan fingerprint density at radius 2 is 1.73 bits per heavy atom. The quantitative estimate of drug-likeness (QED) is 0.621. The largest absolute Gasteiger partial charge is 0.298 e. The van der Waals surface area contributed by atoms with Crippen molar-refractivity contribution in [2.45, 2.75) is 46.2 Å². The first-order chi connectivity index (χ1) is 4.80. The number of ketones is 1. The van der Waals surface area contributed by atoms with Gasteiger partial charge in [0.2, 0.25) is 0 Å². The molecule has 0 aliphatic rings. The smallest absolute Gasteiger partial charge is 0.149 e. The molecule has 0 amide bonds. The van der Waals surface area contributed by atoms with Crippen LogP contribution in [0.5, 0.6) is 0 Å². The Morgan fingerprint density at radius 1 is 1.36 bits per heavy atom. The van der Waals surface area contributed by atoms with Crippen molar-refractivity contribution < 1.29 is 4.79 Å². The highest BCUT2D eigenvalue weighted by Crippen LogP contribution is 2.15. The lowest BCUT2D eigenvalue weighted by atomic mass is 9.97. The van der Waals surface area contributed by atoms with Crippen molar-refractivity contribution in [3.63, 3.8) is 0 Å². The minimum atomic E-state index is -0.325. The Bertz CT molecular complexity index is 150. The van der Waals surface area contributed by atoms with E-state index in [4.69, 9.17) is 0 Å². The van der Waals surface area contributed by atoms with Gasteiger partial charge in [0.25, 0.3) is 0 Å². The molecule has 0 N–H and O–H groups in total. The molecule has 0 aliphatic heterocycles. The maximum atomic E-state index is 11.2. The maximum Gasteiger partial charge on any atom is 0.149 e. The first-order valence-electron chi connectivity index (χ1n) is 4.04. The monoisotopic (exact) mass is 157 g/mol. The molecule has 0 fully saturated rings. The van der Waals surface area contributed by atoms with E-state index in [0.717, 1.165) is 0 Å². The number of nitrogens with zero attached hydrogens (tertiary/aromatic N) is 1. The first kappa shape index (κ1) is 10.6. The zero-order valence-corrected chi connectivity index (χ0v) is 8.43. The zero-order chi connectivity index (χ0) is 9.23. The van der Waals surface area contributed by atoms with Crippen molar-refractivity contribution in [3.05, 3.63) is 0 Å². The Morgan fingerprint density at radius 3 is 1.82 bits per heavy atom. The lowest BCUT2D eigenvalue weighted by Gasteiger charge is -2.36. The highest BCUT2D eigenvalue weighted by Gasteiger charge is 2.29. The molecule has 0 aromatic heterocycles. The van der Waals surface area contributed by atoms with E-state index in [-0.39, 0.29) is 11.3 Å². The van der Waals surface area contributed by atoms with E-state index >= 15 is 0 Å². The van der Waals surface area contributed by atoms with Crippen molar-refractivity contribution in [1.29, 1.82) is 0 Å². The van der Waals surface area contributed by atoms with Crippen LogP contribution in [-0.2, 0) is 4.79 Å². The van der Waals surface area contributed by atoms with Crippen molar-refractivity contribution in [2.24, 2.45) is 0 Å². The molecule has 0 saturated carbocycles. The topological polar surface area (TPSA) is 20.3 Å². The van der Waals surface area contributed by atoms with Gasteiger partial charge in [0.05, 0.1) is 5.54 Å². The summed E-state index contributed by atoms with van der Waals surface area (Å²) in [7, 11) is 1.98. The molecule has 0 saturated heterocycles. The van der Waals surface area contributed by atoms with Crippen LogP contribution >= 0.6 is 0 Å². The van der Waals surface area contributed by atoms with E-state index in [1.807, 2.05) is 20.9 Å². The number of Topliss-reactive ketones (excluding diaryl/α,β-unsaturated/α-hetero) is 1. The van der Waals surface area contributed by atoms with Gasteiger partial charge in [0.15, 0.2) is 0 Å². The predicted octanol–water partition coefficient (Wildman–Crippen LogP) is 1.69. The molecule has 0 radical (unpaired) electrons. The van der Waals surface area contributed by atoms with Gasteiger partial charge < -0.3 is 0 Å². The molecular weight excluding hydrogens is 138 g/mol. The number of likely N-dealkylation sites (N-methyl/N-ethyl adjacent to an activating group) is 1. The number of rotatable bonds is 3. The maximum absolute atomic E-state index is 11.2. The van der Waals surface area contributed by atoms with Crippen molar-refractivity contribution in [1.82, 2.24) is 4.90 Å². The second kappa shape index (κ2) is 3.35. The van der Waals surface area contributed by atoms with Crippen LogP contribution in [0.3, 0.4) is 0 Å². The minimum Gasteiger partial charge on any atom is -0.298 e. The molecule has 2 nitrogen and oxygen atoms in total. The number of hydrogen-bond acceptors (Lipinski definition) is 2. The van der Waals surface area contributed by atoms with Crippen LogP contribution < -0.4 is 0 Å². The van der Waals surface area contributed by atoms with E-state index in [1.165, 1.54) is 0 Å². The summed E-state index contributed by atoms with van der Waals surface area (Å²) in [5.74, 6) is 0.216. The van der Waals surface area contributed by atoms with Gasteiger partial charge in [0.1, 0.15) is 5.78 Å². The summed E-state index contributed by atoms with van der Waals surface area (Å²) in [5, 5.41) is 0. The van der Waals surface area contributed by atoms with Crippen LogP contribution in [0.2, 0.25) is 0 Å². The third-order valence-corrected chi connectivity index (χ3v) is 2.52. The van der Waals surface area contributed by atoms with Crippen LogP contribution in [0.1, 0.15) is 34.6 Å². The second-order valence-electron chi connectivity index (χ2n) is 3.82. The van der Waals surface area contributed by atoms with Crippen LogP contribution in [0.15, 0.2) is 0 Å². The molecule has 0 spiro atoms. The fourth-order valence-electron chi connectivity index (χ4n) is 0.894. The van der Waals surface area contributed by atoms with Gasteiger partial charge in [-0.25, -0.2) is 0 Å². The highest BCUT2D eigenvalue weighted by molar-refractivity contribution is 5.85. The van der Waals surface area contributed by atoms with E-state index < -0.39 is 0 Å². The molecule has 0 aromatic carbocycles. The van der Waals surface area contributed by atoms with Crippen molar-refractivity contribution in [2.75, 3.05) is 7.05 Å². The van der Waals surface area contributed by atoms with Gasteiger partial charge in [0, 0.05) is 6.04 Å². The summed E-state index contributed by atoms with van der Waals surface area (Å²) in [6, 6.07) is 0.411. The SMILES string of the molecule is CC(=O)C(C)(C)N(C)C(C)C. The van der Waals surface area contributed by atoms with E-state index in [9.17, 15) is 4.79 Å². The Balaban J connectivity index is 4.42. The molecule has 0 atom stereocenters. The van der Waals surface area contributed by atoms with Crippen LogP contribution in [-0.4, -0.2) is 29.3 Å². The summed E-state index contributed by atoms with van der Waals surface area (Å²) in [4.78, 5) is 13.2. The van der Waals surface area contributed by atoms with Crippen molar-refractivity contribution >= 4 is 5.78 Å². The summed E-state index contributed by atoms with van der Waals surface area (Å²) in [5.41, 5.74) is -0.325. The summed E-state index contributed by atoms with van der Waals surface area (Å²) >= 11 is 0. The van der Waals surface area contributed by atoms with Gasteiger partial charge in [-0.15, -0.1) is 0 Å². The van der Waals surface area contributed by atoms with E-state index in [1.54, 1.807) is 6.92 Å². The zero-order valence-electron chi connectivity index (χ0n) is 8.43. The van der Waals surface area contributed by atoms with Gasteiger partial charge >= 0.3 is 0 Å². The fraction of sp³-hybridized carbons (Fsp3) is 0.889. The first-order valence-corrected chi connectivity index (χ1v) is 4.04. The summed E-state index contributed by atoms with van der Waals surface area (Å²) in [6.07, 6.45) is 0. The normalized spacial score (nSPS) is 12.7. The van der Waals surface area contributed by atoms with Crippen LogP contribution in [0.25, 0.3) is 0 Å². The molecule has 0 aromatic rings. The highest BCUT2D eigenvalue weighted by atomic mass is 16.1. The number of carbonyl (C=O) groups excluding carboxylic acids is 1. The average Bonchev–Trinajstić information content (AvgIpc) is 1.85. The lowest BCUT2D eigenvalue weighted by molar-refractivity contribution is -0.127. The molecule has 66 valence electrons. The molecule has 0 heterocycles. The molecule has 0 aliphatic carbocycles. The van der Waals surface area contributed by atoms with Gasteiger partial charge in [-0.05, 0) is 41.7 Å². The number of hydrogen-bond donors (Lipinski definition) is 0. The standard InChI is InChI=1S/C9H19NO/c1-7(2)10(6)9(4,5)8(3)11/h7H,1-6H3. The minimum absolute atomic E-state index is 0.216. The van der Waals surface area contributed by atoms with Crippen molar-refractivity contribution in [3.8, 4) is 0 Å². The molecule has 2 heteroatoms. The fourth-order valence-corrected chi connectivity index (χ4v) is 0.894. The number of carbonyl (C=O) groups is 1. The van der Waals surface area contributed by atoms with E-state index in [0.29, 0.717) is 6.04 Å². The van der Waals surface area contributed by atoms with E-state index in [2.05, 4.69) is 18.7 Å². The molecule has 0 bridgehead atoms. The Hall–Kier alpha value is -0.370. The molecular formula is C9H19NO. The van der Waals surface area contributed by atoms with Crippen LogP contribution in [0, 0.1) is 0 Å². The average molecular weight is 157 g/mol. The predicted molar refractivity (Wildman–Crippen MR) is 47.7 cm³/mol. The lowest BCUT2D eigenvalue weighted by Crippen LogP contribution is -2.49. The van der Waals surface area contributed by atoms with Gasteiger partial charge in [-0.2, -0.15) is 0 Å². The molecule has 0 unspecified atom stereocenters. The molecule has 0 rings (SSSR count). The van der Waals surface area contributed by atoms with Gasteiger partial charge in [-0.1, -0.05) is 0 Å². The third kappa shape index (κ3) is 2.29. The summed E-state index contributed by atoms with van der Waals surface area (Å²) < 4.78 is 0. The second-order valence-corrected chi connectivity index (χ2v) is 3.82. The third-order valence-electron chi connectivity index (χ3n) is 2.52. The van der Waals surface area contributed by atoms with Gasteiger partial charge in [-0.3, -0.25) is 9.69 Å². The summed E-state index contributed by atoms with van der Waals surface area (Å²) in [6.45, 7) is 9.72. The Labute approximate surface area is 69.6 Å².